The van der Waals surface area contributed by atoms with E-state index in [2.05, 4.69) is 5.32 Å². The molecule has 0 saturated carbocycles. The zero-order chi connectivity index (χ0) is 14.1. The largest absolute Gasteiger partial charge is 0.384 e. The molecular formula is C17H17NO2. The number of amides is 1. The molecule has 3 rings (SSSR count). The van der Waals surface area contributed by atoms with Crippen molar-refractivity contribution in [3.05, 3.63) is 70.3 Å². The second-order valence-corrected chi connectivity index (χ2v) is 5.24. The van der Waals surface area contributed by atoms with Crippen LogP contribution in [0.5, 0.6) is 0 Å². The molecule has 1 unspecified atom stereocenters. The van der Waals surface area contributed by atoms with Crippen LogP contribution in [0.15, 0.2) is 42.5 Å². The van der Waals surface area contributed by atoms with Crippen molar-refractivity contribution in [2.24, 2.45) is 0 Å². The maximum Gasteiger partial charge on any atom is 0.251 e. The first-order chi connectivity index (χ1) is 9.65. The highest BCUT2D eigenvalue weighted by molar-refractivity contribution is 5.96. The fourth-order valence-electron chi connectivity index (χ4n) is 2.63. The predicted octanol–water partition coefficient (Wildman–Crippen LogP) is 2.36. The van der Waals surface area contributed by atoms with E-state index in [9.17, 15) is 9.90 Å². The smallest absolute Gasteiger partial charge is 0.251 e. The van der Waals surface area contributed by atoms with Gasteiger partial charge >= 0.3 is 0 Å². The van der Waals surface area contributed by atoms with Crippen LogP contribution >= 0.6 is 0 Å². The average molecular weight is 267 g/mol. The van der Waals surface area contributed by atoms with Gasteiger partial charge in [-0.3, -0.25) is 4.79 Å². The minimum atomic E-state index is -0.699. The fraction of sp³-hybridized carbons (Fsp3) is 0.235. The summed E-state index contributed by atoms with van der Waals surface area (Å²) in [4.78, 5) is 11.9. The molecule has 3 nitrogen and oxygen atoms in total. The van der Waals surface area contributed by atoms with Crippen LogP contribution in [0.4, 0.5) is 0 Å². The molecule has 1 amide bonds. The minimum absolute atomic E-state index is 0.0513. The van der Waals surface area contributed by atoms with Crippen molar-refractivity contribution in [1.82, 2.24) is 5.32 Å². The molecule has 1 aliphatic rings. The molecule has 0 saturated heterocycles. The lowest BCUT2D eigenvalue weighted by molar-refractivity contribution is 0.0945. The Kier molecular flexibility index (Phi) is 3.28. The van der Waals surface area contributed by atoms with E-state index in [-0.39, 0.29) is 5.91 Å². The fourth-order valence-corrected chi connectivity index (χ4v) is 2.63. The minimum Gasteiger partial charge on any atom is -0.384 e. The van der Waals surface area contributed by atoms with E-state index in [0.29, 0.717) is 12.1 Å². The molecule has 0 fully saturated rings. The maximum atomic E-state index is 11.9. The highest BCUT2D eigenvalue weighted by Crippen LogP contribution is 2.25. The first kappa shape index (κ1) is 12.9. The molecular weight excluding hydrogens is 250 g/mol. The zero-order valence-corrected chi connectivity index (χ0v) is 11.4. The van der Waals surface area contributed by atoms with Crippen molar-refractivity contribution >= 4 is 5.91 Å². The normalized spacial score (nSPS) is 15.4. The summed E-state index contributed by atoms with van der Waals surface area (Å²) in [5.41, 5.74) is 4.44. The lowest BCUT2D eigenvalue weighted by atomic mass is 9.93. The number of aryl methyl sites for hydroxylation is 1. The number of nitrogens with one attached hydrogen (secondary N) is 1. The maximum absolute atomic E-state index is 11.9. The molecule has 3 heteroatoms. The van der Waals surface area contributed by atoms with Crippen LogP contribution < -0.4 is 5.32 Å². The second kappa shape index (κ2) is 5.10. The van der Waals surface area contributed by atoms with E-state index in [4.69, 9.17) is 0 Å². The van der Waals surface area contributed by atoms with Gasteiger partial charge in [0.1, 0.15) is 6.10 Å². The van der Waals surface area contributed by atoms with Gasteiger partial charge in [0.2, 0.25) is 0 Å². The Bertz CT molecular complexity index is 664. The summed E-state index contributed by atoms with van der Waals surface area (Å²) in [6, 6.07) is 13.4. The third-order valence-corrected chi connectivity index (χ3v) is 3.73. The molecule has 20 heavy (non-hydrogen) atoms. The summed E-state index contributed by atoms with van der Waals surface area (Å²) < 4.78 is 0. The molecule has 0 aliphatic carbocycles. The molecule has 1 heterocycles. The number of hydrogen-bond donors (Lipinski definition) is 2. The molecule has 2 N–H and O–H groups in total. The van der Waals surface area contributed by atoms with Crippen LogP contribution in [0.2, 0.25) is 0 Å². The first-order valence-electron chi connectivity index (χ1n) is 6.81. The number of carbonyl (C=O) groups excluding carboxylic acids is 1. The number of fused-ring (bicyclic) bond motifs is 1. The summed E-state index contributed by atoms with van der Waals surface area (Å²) in [5.74, 6) is -0.0513. The molecule has 102 valence electrons. The van der Waals surface area contributed by atoms with Crippen LogP contribution in [0.3, 0.4) is 0 Å². The Morgan fingerprint density at radius 3 is 2.75 bits per heavy atom. The van der Waals surface area contributed by atoms with Gasteiger partial charge in [-0.2, -0.15) is 0 Å². The van der Waals surface area contributed by atoms with Gasteiger partial charge in [0.25, 0.3) is 5.91 Å². The number of rotatable bonds is 2. The monoisotopic (exact) mass is 267 g/mol. The molecule has 1 aliphatic heterocycles. The SMILES string of the molecule is Cc1cccc(C(O)c2ccc3c(c2)C(=O)NCC3)c1. The third-order valence-electron chi connectivity index (χ3n) is 3.73. The van der Waals surface area contributed by atoms with Gasteiger partial charge in [-0.1, -0.05) is 42.0 Å². The van der Waals surface area contributed by atoms with Crippen molar-refractivity contribution < 1.29 is 9.90 Å². The van der Waals surface area contributed by atoms with Crippen LogP contribution in [-0.2, 0) is 6.42 Å². The van der Waals surface area contributed by atoms with E-state index in [1.165, 1.54) is 0 Å². The third kappa shape index (κ3) is 2.32. The van der Waals surface area contributed by atoms with Gasteiger partial charge in [0.15, 0.2) is 0 Å². The van der Waals surface area contributed by atoms with E-state index >= 15 is 0 Å². The Hall–Kier alpha value is -2.13. The quantitative estimate of drug-likeness (QED) is 0.877. The molecule has 1 atom stereocenters. The standard InChI is InChI=1S/C17H17NO2/c1-11-3-2-4-13(9-11)16(19)14-6-5-12-7-8-18-17(20)15(12)10-14/h2-6,9-10,16,19H,7-8H2,1H3,(H,18,20). The number of aliphatic hydroxyl groups excluding tert-OH is 1. The Labute approximate surface area is 118 Å². The molecule has 2 aromatic rings. The van der Waals surface area contributed by atoms with Crippen LogP contribution in [-0.4, -0.2) is 17.6 Å². The highest BCUT2D eigenvalue weighted by Gasteiger charge is 2.19. The lowest BCUT2D eigenvalue weighted by Gasteiger charge is -2.19. The van der Waals surface area contributed by atoms with Gasteiger partial charge in [-0.05, 0) is 36.1 Å². The predicted molar refractivity (Wildman–Crippen MR) is 77.7 cm³/mol. The lowest BCUT2D eigenvalue weighted by Crippen LogP contribution is -2.31. The number of carbonyl (C=O) groups is 1. The van der Waals surface area contributed by atoms with Gasteiger partial charge in [0, 0.05) is 12.1 Å². The van der Waals surface area contributed by atoms with Gasteiger partial charge < -0.3 is 10.4 Å². The van der Waals surface area contributed by atoms with Crippen molar-refractivity contribution in [1.29, 1.82) is 0 Å². The summed E-state index contributed by atoms with van der Waals surface area (Å²) >= 11 is 0. The molecule has 0 spiro atoms. The molecule has 0 bridgehead atoms. The molecule has 0 aromatic heterocycles. The number of aliphatic hydroxyl groups is 1. The molecule has 0 radical (unpaired) electrons. The zero-order valence-electron chi connectivity index (χ0n) is 11.4. The Balaban J connectivity index is 1.98. The number of hydrogen-bond acceptors (Lipinski definition) is 2. The van der Waals surface area contributed by atoms with E-state index < -0.39 is 6.10 Å². The second-order valence-electron chi connectivity index (χ2n) is 5.24. The summed E-state index contributed by atoms with van der Waals surface area (Å²) in [5, 5.41) is 13.3. The van der Waals surface area contributed by atoms with Crippen LogP contribution in [0.1, 0.15) is 38.7 Å². The summed E-state index contributed by atoms with van der Waals surface area (Å²) in [6.45, 7) is 2.68. The van der Waals surface area contributed by atoms with Crippen LogP contribution in [0.25, 0.3) is 0 Å². The van der Waals surface area contributed by atoms with Crippen LogP contribution in [0, 0.1) is 6.92 Å². The summed E-state index contributed by atoms with van der Waals surface area (Å²) in [6.07, 6.45) is 0.150. The first-order valence-corrected chi connectivity index (χ1v) is 6.81. The Morgan fingerprint density at radius 2 is 1.95 bits per heavy atom. The van der Waals surface area contributed by atoms with Crippen molar-refractivity contribution in [2.45, 2.75) is 19.4 Å². The Morgan fingerprint density at radius 1 is 1.15 bits per heavy atom. The van der Waals surface area contributed by atoms with Gasteiger partial charge in [0.05, 0.1) is 0 Å². The number of benzene rings is 2. The topological polar surface area (TPSA) is 49.3 Å². The average Bonchev–Trinajstić information content (AvgIpc) is 2.47. The van der Waals surface area contributed by atoms with E-state index in [1.54, 1.807) is 6.07 Å². The van der Waals surface area contributed by atoms with E-state index in [0.717, 1.165) is 28.7 Å². The van der Waals surface area contributed by atoms with Crippen molar-refractivity contribution in [3.63, 3.8) is 0 Å². The van der Waals surface area contributed by atoms with Gasteiger partial charge in [-0.15, -0.1) is 0 Å². The highest BCUT2D eigenvalue weighted by atomic mass is 16.3. The van der Waals surface area contributed by atoms with Crippen molar-refractivity contribution in [2.75, 3.05) is 6.54 Å². The van der Waals surface area contributed by atoms with Crippen molar-refractivity contribution in [3.8, 4) is 0 Å². The van der Waals surface area contributed by atoms with Gasteiger partial charge in [-0.25, -0.2) is 0 Å². The molecule has 2 aromatic carbocycles. The van der Waals surface area contributed by atoms with E-state index in [1.807, 2.05) is 43.3 Å². The summed E-state index contributed by atoms with van der Waals surface area (Å²) in [7, 11) is 0.